The molecule has 0 fully saturated rings. The molecule has 0 aliphatic heterocycles. The predicted octanol–water partition coefficient (Wildman–Crippen LogP) is 3.71. The minimum absolute atomic E-state index is 0.145. The number of halogens is 1. The predicted molar refractivity (Wildman–Crippen MR) is 106 cm³/mol. The Morgan fingerprint density at radius 3 is 2.46 bits per heavy atom. The van der Waals surface area contributed by atoms with Crippen molar-refractivity contribution in [2.45, 2.75) is 19.8 Å². The van der Waals surface area contributed by atoms with Gasteiger partial charge in [-0.1, -0.05) is 16.8 Å². The molecule has 8 heteroatoms. The van der Waals surface area contributed by atoms with Gasteiger partial charge in [-0.3, -0.25) is 9.59 Å². The quantitative estimate of drug-likeness (QED) is 0.632. The van der Waals surface area contributed by atoms with Gasteiger partial charge >= 0.3 is 0 Å². The van der Waals surface area contributed by atoms with Crippen molar-refractivity contribution in [2.75, 3.05) is 11.9 Å². The molecule has 0 unspecified atom stereocenters. The average Bonchev–Trinajstić information content (AvgIpc) is 3.17. The molecule has 0 atom stereocenters. The molecule has 1 heterocycles. The third-order valence-electron chi connectivity index (χ3n) is 3.90. The van der Waals surface area contributed by atoms with Crippen LogP contribution in [0.2, 0.25) is 5.02 Å². The van der Waals surface area contributed by atoms with E-state index in [2.05, 4.69) is 20.8 Å². The molecule has 0 aliphatic rings. The number of aryl methyl sites for hydroxylation is 1. The molecule has 28 heavy (non-hydrogen) atoms. The number of hydrogen-bond donors (Lipinski definition) is 2. The largest absolute Gasteiger partial charge is 0.352 e. The second-order valence-corrected chi connectivity index (χ2v) is 6.44. The summed E-state index contributed by atoms with van der Waals surface area (Å²) in [6, 6.07) is 13.8. The van der Waals surface area contributed by atoms with Gasteiger partial charge in [0.2, 0.25) is 17.6 Å². The van der Waals surface area contributed by atoms with E-state index in [1.54, 1.807) is 48.5 Å². The highest BCUT2D eigenvalue weighted by atomic mass is 35.5. The molecule has 0 spiro atoms. The molecule has 3 aromatic rings. The Morgan fingerprint density at radius 2 is 1.79 bits per heavy atom. The summed E-state index contributed by atoms with van der Waals surface area (Å²) in [5, 5.41) is 10.0. The fourth-order valence-corrected chi connectivity index (χ4v) is 2.61. The summed E-state index contributed by atoms with van der Waals surface area (Å²) < 4.78 is 5.20. The van der Waals surface area contributed by atoms with Gasteiger partial charge in [-0.15, -0.1) is 0 Å². The molecule has 7 nitrogen and oxygen atoms in total. The number of nitrogens with one attached hydrogen (secondary N) is 2. The number of nitrogens with zero attached hydrogens (tertiary/aromatic N) is 2. The van der Waals surface area contributed by atoms with E-state index in [9.17, 15) is 9.59 Å². The number of carbonyl (C=O) groups is 2. The van der Waals surface area contributed by atoms with E-state index in [0.29, 0.717) is 41.0 Å². The molecule has 2 amide bonds. The van der Waals surface area contributed by atoms with Gasteiger partial charge in [0.15, 0.2) is 0 Å². The maximum absolute atomic E-state index is 12.1. The molecular weight excluding hydrogens is 380 g/mol. The molecule has 2 aromatic carbocycles. The van der Waals surface area contributed by atoms with Crippen molar-refractivity contribution in [3.05, 3.63) is 65.0 Å². The lowest BCUT2D eigenvalue weighted by Gasteiger charge is -2.06. The highest BCUT2D eigenvalue weighted by Gasteiger charge is 2.11. The van der Waals surface area contributed by atoms with Crippen LogP contribution >= 0.6 is 11.6 Å². The van der Waals surface area contributed by atoms with Crippen LogP contribution in [0, 0.1) is 0 Å². The topological polar surface area (TPSA) is 97.1 Å². The molecule has 0 bridgehead atoms. The fraction of sp³-hybridized carbons (Fsp3) is 0.200. The standard InChI is InChI=1S/C20H19ClN4O3/c1-2-22-20(27)14-5-9-16(10-6-14)23-17(26)11-12-18-24-19(25-28-18)13-3-7-15(21)8-4-13/h3-10H,2,11-12H2,1H3,(H,22,27)(H,23,26). The Bertz CT molecular complexity index is 952. The van der Waals surface area contributed by atoms with E-state index in [-0.39, 0.29) is 18.2 Å². The number of amides is 2. The first-order valence-corrected chi connectivity index (χ1v) is 9.19. The van der Waals surface area contributed by atoms with Gasteiger partial charge in [-0.25, -0.2) is 0 Å². The minimum Gasteiger partial charge on any atom is -0.352 e. The lowest BCUT2D eigenvalue weighted by molar-refractivity contribution is -0.116. The van der Waals surface area contributed by atoms with Crippen LogP contribution in [0.1, 0.15) is 29.6 Å². The Kier molecular flexibility index (Phi) is 6.39. The maximum Gasteiger partial charge on any atom is 0.251 e. The molecular formula is C20H19ClN4O3. The van der Waals surface area contributed by atoms with Crippen LogP contribution in [-0.4, -0.2) is 28.5 Å². The number of rotatable bonds is 7. The van der Waals surface area contributed by atoms with E-state index in [0.717, 1.165) is 5.56 Å². The zero-order valence-corrected chi connectivity index (χ0v) is 16.0. The second kappa shape index (κ2) is 9.14. The van der Waals surface area contributed by atoms with Crippen LogP contribution in [-0.2, 0) is 11.2 Å². The van der Waals surface area contributed by atoms with Crippen LogP contribution in [0.5, 0.6) is 0 Å². The zero-order valence-electron chi connectivity index (χ0n) is 15.2. The van der Waals surface area contributed by atoms with Crippen molar-refractivity contribution in [1.82, 2.24) is 15.5 Å². The normalized spacial score (nSPS) is 10.5. The Labute approximate surface area is 167 Å². The minimum atomic E-state index is -0.183. The van der Waals surface area contributed by atoms with E-state index in [1.807, 2.05) is 6.92 Å². The lowest BCUT2D eigenvalue weighted by Crippen LogP contribution is -2.22. The van der Waals surface area contributed by atoms with Gasteiger partial charge in [0.05, 0.1) is 0 Å². The van der Waals surface area contributed by atoms with Crippen LogP contribution < -0.4 is 10.6 Å². The summed E-state index contributed by atoms with van der Waals surface area (Å²) in [4.78, 5) is 28.1. The maximum atomic E-state index is 12.1. The van der Waals surface area contributed by atoms with Crippen molar-refractivity contribution >= 4 is 29.1 Å². The first kappa shape index (κ1) is 19.6. The van der Waals surface area contributed by atoms with Crippen LogP contribution in [0.25, 0.3) is 11.4 Å². The number of carbonyl (C=O) groups excluding carboxylic acids is 2. The first-order valence-electron chi connectivity index (χ1n) is 8.82. The molecule has 0 saturated carbocycles. The van der Waals surface area contributed by atoms with E-state index >= 15 is 0 Å². The summed E-state index contributed by atoms with van der Waals surface area (Å²) >= 11 is 5.87. The fourth-order valence-electron chi connectivity index (χ4n) is 2.48. The summed E-state index contributed by atoms with van der Waals surface area (Å²) in [5.74, 6) is 0.505. The number of benzene rings is 2. The first-order chi connectivity index (χ1) is 13.5. The van der Waals surface area contributed by atoms with Crippen LogP contribution in [0.15, 0.2) is 53.1 Å². The van der Waals surface area contributed by atoms with Crippen molar-refractivity contribution < 1.29 is 14.1 Å². The van der Waals surface area contributed by atoms with Crippen molar-refractivity contribution in [2.24, 2.45) is 0 Å². The number of aromatic nitrogens is 2. The second-order valence-electron chi connectivity index (χ2n) is 6.00. The molecule has 2 N–H and O–H groups in total. The SMILES string of the molecule is CCNC(=O)c1ccc(NC(=O)CCc2nc(-c3ccc(Cl)cc3)no2)cc1. The molecule has 0 saturated heterocycles. The number of hydrogen-bond acceptors (Lipinski definition) is 5. The van der Waals surface area contributed by atoms with Crippen molar-refractivity contribution in [1.29, 1.82) is 0 Å². The molecule has 3 rings (SSSR count). The monoisotopic (exact) mass is 398 g/mol. The van der Waals surface area contributed by atoms with E-state index < -0.39 is 0 Å². The van der Waals surface area contributed by atoms with Gasteiger partial charge in [0, 0.05) is 41.2 Å². The average molecular weight is 399 g/mol. The Morgan fingerprint density at radius 1 is 1.07 bits per heavy atom. The van der Waals surface area contributed by atoms with Gasteiger partial charge in [-0.05, 0) is 55.5 Å². The summed E-state index contributed by atoms with van der Waals surface area (Å²) in [6.07, 6.45) is 0.518. The van der Waals surface area contributed by atoms with Gasteiger partial charge in [0.25, 0.3) is 5.91 Å². The molecule has 1 aromatic heterocycles. The summed E-state index contributed by atoms with van der Waals surface area (Å²) in [6.45, 7) is 2.42. The third kappa shape index (κ3) is 5.17. The van der Waals surface area contributed by atoms with Crippen LogP contribution in [0.3, 0.4) is 0 Å². The summed E-state index contributed by atoms with van der Waals surface area (Å²) in [7, 11) is 0. The Hall–Kier alpha value is -3.19. The Balaban J connectivity index is 1.52. The van der Waals surface area contributed by atoms with Crippen molar-refractivity contribution in [3.8, 4) is 11.4 Å². The van der Waals surface area contributed by atoms with Gasteiger partial charge in [-0.2, -0.15) is 4.98 Å². The van der Waals surface area contributed by atoms with Gasteiger partial charge in [0.1, 0.15) is 0 Å². The molecule has 144 valence electrons. The van der Waals surface area contributed by atoms with E-state index in [1.165, 1.54) is 0 Å². The van der Waals surface area contributed by atoms with Crippen LogP contribution in [0.4, 0.5) is 5.69 Å². The highest BCUT2D eigenvalue weighted by molar-refractivity contribution is 6.30. The van der Waals surface area contributed by atoms with Crippen molar-refractivity contribution in [3.63, 3.8) is 0 Å². The highest BCUT2D eigenvalue weighted by Crippen LogP contribution is 2.19. The lowest BCUT2D eigenvalue weighted by atomic mass is 10.2. The smallest absolute Gasteiger partial charge is 0.251 e. The zero-order chi connectivity index (χ0) is 19.9. The summed E-state index contributed by atoms with van der Waals surface area (Å²) in [5.41, 5.74) is 1.95. The third-order valence-corrected chi connectivity index (χ3v) is 4.16. The molecule has 0 radical (unpaired) electrons. The van der Waals surface area contributed by atoms with E-state index in [4.69, 9.17) is 16.1 Å². The number of anilines is 1. The molecule has 0 aliphatic carbocycles. The van der Waals surface area contributed by atoms with Gasteiger partial charge < -0.3 is 15.2 Å².